The molecule has 0 saturated carbocycles. The Hall–Kier alpha value is -1.20. The van der Waals surface area contributed by atoms with Crippen LogP contribution in [0.1, 0.15) is 13.8 Å². The molecule has 0 saturated heterocycles. The standard InChI is InChI=1S/C14H21F2NO2/c1-10(2)7-17-8-12(9-18-3)19-14-5-4-11(15)6-13(14)16/h4-6,10,12,17H,7-9H2,1-3H3. The van der Waals surface area contributed by atoms with Crippen molar-refractivity contribution in [3.63, 3.8) is 0 Å². The first-order valence-corrected chi connectivity index (χ1v) is 6.34. The van der Waals surface area contributed by atoms with Crippen molar-refractivity contribution in [3.8, 4) is 5.75 Å². The number of halogens is 2. The minimum absolute atomic E-state index is 0.0368. The van der Waals surface area contributed by atoms with E-state index in [-0.39, 0.29) is 11.9 Å². The van der Waals surface area contributed by atoms with Gasteiger partial charge in [-0.05, 0) is 24.6 Å². The van der Waals surface area contributed by atoms with Crippen molar-refractivity contribution in [1.82, 2.24) is 5.32 Å². The van der Waals surface area contributed by atoms with Crippen molar-refractivity contribution in [3.05, 3.63) is 29.8 Å². The Morgan fingerprint density at radius 2 is 1.95 bits per heavy atom. The summed E-state index contributed by atoms with van der Waals surface area (Å²) in [5, 5.41) is 3.22. The molecule has 1 atom stereocenters. The molecule has 1 aromatic rings. The molecule has 19 heavy (non-hydrogen) atoms. The highest BCUT2D eigenvalue weighted by molar-refractivity contribution is 5.24. The SMILES string of the molecule is COCC(CNCC(C)C)Oc1ccc(F)cc1F. The Morgan fingerprint density at radius 3 is 2.53 bits per heavy atom. The van der Waals surface area contributed by atoms with Gasteiger partial charge in [-0.1, -0.05) is 13.8 Å². The molecular weight excluding hydrogens is 252 g/mol. The second-order valence-electron chi connectivity index (χ2n) is 4.82. The molecule has 0 aliphatic rings. The van der Waals surface area contributed by atoms with E-state index in [1.54, 1.807) is 7.11 Å². The third-order valence-electron chi connectivity index (χ3n) is 2.46. The van der Waals surface area contributed by atoms with E-state index in [0.29, 0.717) is 19.1 Å². The van der Waals surface area contributed by atoms with Gasteiger partial charge in [0.05, 0.1) is 6.61 Å². The van der Waals surface area contributed by atoms with Crippen molar-refractivity contribution in [1.29, 1.82) is 0 Å². The van der Waals surface area contributed by atoms with Crippen molar-refractivity contribution in [2.45, 2.75) is 20.0 Å². The molecule has 0 heterocycles. The molecule has 108 valence electrons. The van der Waals surface area contributed by atoms with E-state index in [2.05, 4.69) is 19.2 Å². The van der Waals surface area contributed by atoms with E-state index in [9.17, 15) is 8.78 Å². The number of hydrogen-bond acceptors (Lipinski definition) is 3. The number of ether oxygens (including phenoxy) is 2. The van der Waals surface area contributed by atoms with Gasteiger partial charge in [0.1, 0.15) is 11.9 Å². The normalized spacial score (nSPS) is 12.7. The molecule has 0 radical (unpaired) electrons. The zero-order valence-corrected chi connectivity index (χ0v) is 11.6. The van der Waals surface area contributed by atoms with E-state index < -0.39 is 11.6 Å². The van der Waals surface area contributed by atoms with E-state index in [1.165, 1.54) is 12.1 Å². The lowest BCUT2D eigenvalue weighted by Gasteiger charge is -2.20. The van der Waals surface area contributed by atoms with E-state index in [0.717, 1.165) is 12.6 Å². The van der Waals surface area contributed by atoms with Crippen molar-refractivity contribution >= 4 is 0 Å². The lowest BCUT2D eigenvalue weighted by molar-refractivity contribution is 0.0774. The van der Waals surface area contributed by atoms with Gasteiger partial charge < -0.3 is 14.8 Å². The molecular formula is C14H21F2NO2. The van der Waals surface area contributed by atoms with Crippen molar-refractivity contribution in [2.75, 3.05) is 26.8 Å². The molecule has 1 unspecified atom stereocenters. The zero-order chi connectivity index (χ0) is 14.3. The van der Waals surface area contributed by atoms with Gasteiger partial charge in [0.2, 0.25) is 0 Å². The first-order valence-electron chi connectivity index (χ1n) is 6.34. The van der Waals surface area contributed by atoms with Crippen LogP contribution in [0.5, 0.6) is 5.75 Å². The van der Waals surface area contributed by atoms with Gasteiger partial charge in [0, 0.05) is 19.7 Å². The van der Waals surface area contributed by atoms with Crippen LogP contribution in [0.3, 0.4) is 0 Å². The Bertz CT molecular complexity index is 386. The highest BCUT2D eigenvalue weighted by Gasteiger charge is 2.13. The van der Waals surface area contributed by atoms with E-state index in [1.807, 2.05) is 0 Å². The predicted molar refractivity (Wildman–Crippen MR) is 70.4 cm³/mol. The van der Waals surface area contributed by atoms with Crippen LogP contribution in [-0.4, -0.2) is 32.9 Å². The molecule has 3 nitrogen and oxygen atoms in total. The average molecular weight is 273 g/mol. The summed E-state index contributed by atoms with van der Waals surface area (Å²) in [6, 6.07) is 3.26. The van der Waals surface area contributed by atoms with Crippen LogP contribution in [0.25, 0.3) is 0 Å². The van der Waals surface area contributed by atoms with Crippen LogP contribution in [0.2, 0.25) is 0 Å². The van der Waals surface area contributed by atoms with Gasteiger partial charge >= 0.3 is 0 Å². The van der Waals surface area contributed by atoms with Crippen LogP contribution in [0.15, 0.2) is 18.2 Å². The molecule has 1 rings (SSSR count). The fourth-order valence-corrected chi connectivity index (χ4v) is 1.60. The maximum Gasteiger partial charge on any atom is 0.167 e. The molecule has 0 aliphatic heterocycles. The Morgan fingerprint density at radius 1 is 1.21 bits per heavy atom. The molecule has 0 aromatic heterocycles. The third kappa shape index (κ3) is 5.98. The number of methoxy groups -OCH3 is 1. The molecule has 0 fully saturated rings. The van der Waals surface area contributed by atoms with Crippen LogP contribution in [-0.2, 0) is 4.74 Å². The summed E-state index contributed by atoms with van der Waals surface area (Å²) in [5.41, 5.74) is 0. The molecule has 0 bridgehead atoms. The summed E-state index contributed by atoms with van der Waals surface area (Å²) in [7, 11) is 1.56. The van der Waals surface area contributed by atoms with Gasteiger partial charge in [0.25, 0.3) is 0 Å². The van der Waals surface area contributed by atoms with Crippen LogP contribution in [0.4, 0.5) is 8.78 Å². The molecule has 1 N–H and O–H groups in total. The first-order chi connectivity index (χ1) is 9.02. The van der Waals surface area contributed by atoms with E-state index >= 15 is 0 Å². The van der Waals surface area contributed by atoms with Crippen LogP contribution < -0.4 is 10.1 Å². The smallest absolute Gasteiger partial charge is 0.167 e. The Kier molecular flexibility index (Phi) is 6.73. The molecule has 0 aliphatic carbocycles. The van der Waals surface area contributed by atoms with Crippen molar-refractivity contribution < 1.29 is 18.3 Å². The summed E-state index contributed by atoms with van der Waals surface area (Å²) < 4.78 is 36.8. The first kappa shape index (κ1) is 15.9. The van der Waals surface area contributed by atoms with Crippen molar-refractivity contribution in [2.24, 2.45) is 5.92 Å². The van der Waals surface area contributed by atoms with Crippen LogP contribution >= 0.6 is 0 Å². The monoisotopic (exact) mass is 273 g/mol. The summed E-state index contributed by atoms with van der Waals surface area (Å²) in [6.45, 7) is 5.91. The third-order valence-corrected chi connectivity index (χ3v) is 2.46. The lowest BCUT2D eigenvalue weighted by atomic mass is 10.2. The molecule has 0 amide bonds. The van der Waals surface area contributed by atoms with Gasteiger partial charge in [-0.25, -0.2) is 8.78 Å². The van der Waals surface area contributed by atoms with Gasteiger partial charge in [-0.15, -0.1) is 0 Å². The highest BCUT2D eigenvalue weighted by atomic mass is 19.1. The second-order valence-corrected chi connectivity index (χ2v) is 4.82. The highest BCUT2D eigenvalue weighted by Crippen LogP contribution is 2.19. The number of benzene rings is 1. The molecule has 1 aromatic carbocycles. The number of hydrogen-bond donors (Lipinski definition) is 1. The maximum atomic E-state index is 13.5. The summed E-state index contributed by atoms with van der Waals surface area (Å²) in [4.78, 5) is 0. The van der Waals surface area contributed by atoms with E-state index in [4.69, 9.17) is 9.47 Å². The maximum absolute atomic E-state index is 13.5. The fraction of sp³-hybridized carbons (Fsp3) is 0.571. The summed E-state index contributed by atoms with van der Waals surface area (Å²) in [5.74, 6) is -0.767. The van der Waals surface area contributed by atoms with Gasteiger partial charge in [0.15, 0.2) is 11.6 Å². The fourth-order valence-electron chi connectivity index (χ4n) is 1.60. The predicted octanol–water partition coefficient (Wildman–Crippen LogP) is 2.60. The average Bonchev–Trinajstić information content (AvgIpc) is 2.32. The van der Waals surface area contributed by atoms with Crippen LogP contribution in [0, 0.1) is 17.6 Å². The molecule has 5 heteroatoms. The lowest BCUT2D eigenvalue weighted by Crippen LogP contribution is -2.36. The zero-order valence-electron chi connectivity index (χ0n) is 11.6. The quantitative estimate of drug-likeness (QED) is 0.789. The summed E-state index contributed by atoms with van der Waals surface area (Å²) >= 11 is 0. The minimum Gasteiger partial charge on any atom is -0.484 e. The largest absolute Gasteiger partial charge is 0.484 e. The second kappa shape index (κ2) is 8.07. The molecule has 0 spiro atoms. The van der Waals surface area contributed by atoms with Gasteiger partial charge in [-0.2, -0.15) is 0 Å². The minimum atomic E-state index is -0.704. The topological polar surface area (TPSA) is 30.5 Å². The summed E-state index contributed by atoms with van der Waals surface area (Å²) in [6.07, 6.45) is -0.316. The number of nitrogens with one attached hydrogen (secondary N) is 1. The Balaban J connectivity index is 2.56. The Labute approximate surface area is 112 Å². The van der Waals surface area contributed by atoms with Gasteiger partial charge in [-0.3, -0.25) is 0 Å². The number of rotatable bonds is 8.